The van der Waals surface area contributed by atoms with Crippen molar-refractivity contribution in [1.29, 1.82) is 0 Å². The minimum absolute atomic E-state index is 0.156. The van der Waals surface area contributed by atoms with Crippen LogP contribution in [0.2, 0.25) is 0 Å². The van der Waals surface area contributed by atoms with Gasteiger partial charge in [0.25, 0.3) is 5.69 Å². The third-order valence-electron chi connectivity index (χ3n) is 4.23. The van der Waals surface area contributed by atoms with Crippen LogP contribution < -0.4 is 4.90 Å². The van der Waals surface area contributed by atoms with E-state index in [-0.39, 0.29) is 10.6 Å². The minimum Gasteiger partial charge on any atom is -0.366 e. The van der Waals surface area contributed by atoms with Gasteiger partial charge in [-0.25, -0.2) is 0 Å². The van der Waals surface area contributed by atoms with E-state index in [4.69, 9.17) is 11.6 Å². The van der Waals surface area contributed by atoms with E-state index in [1.54, 1.807) is 6.07 Å². The Morgan fingerprint density at radius 2 is 2.20 bits per heavy atom. The molecule has 4 nitrogen and oxygen atoms in total. The summed E-state index contributed by atoms with van der Waals surface area (Å²) < 4.78 is 0. The first-order valence-corrected chi connectivity index (χ1v) is 7.62. The molecule has 1 aliphatic carbocycles. The molecular weight excluding hydrogens is 276 g/mol. The van der Waals surface area contributed by atoms with E-state index in [0.29, 0.717) is 23.5 Å². The molecule has 0 spiro atoms. The molecule has 1 saturated carbocycles. The van der Waals surface area contributed by atoms with Crippen molar-refractivity contribution in [2.75, 3.05) is 11.9 Å². The third kappa shape index (κ3) is 3.23. The normalized spacial score (nSPS) is 22.6. The first-order valence-electron chi connectivity index (χ1n) is 7.09. The molecule has 2 rings (SSSR count). The van der Waals surface area contributed by atoms with Crippen molar-refractivity contribution < 1.29 is 4.92 Å². The maximum absolute atomic E-state index is 11.3. The van der Waals surface area contributed by atoms with Crippen LogP contribution in [0.3, 0.4) is 0 Å². The van der Waals surface area contributed by atoms with Crippen molar-refractivity contribution in [2.24, 2.45) is 5.92 Å². The molecule has 1 aromatic carbocycles. The maximum atomic E-state index is 11.3. The molecule has 0 radical (unpaired) electrons. The highest BCUT2D eigenvalue weighted by atomic mass is 35.5. The number of nitro groups is 1. The van der Waals surface area contributed by atoms with Gasteiger partial charge in [-0.15, -0.1) is 11.6 Å². The van der Waals surface area contributed by atoms with E-state index < -0.39 is 0 Å². The van der Waals surface area contributed by atoms with Gasteiger partial charge in [-0.3, -0.25) is 10.1 Å². The number of nitro benzene ring substituents is 1. The molecule has 0 heterocycles. The Balaban J connectivity index is 2.28. The number of rotatable bonds is 4. The standard InChI is InChI=1S/C15H21ClN2O2/c1-11-4-3-5-13(8-11)17(2)14-7-6-12(10-16)9-15(14)18(19)20/h6-7,9,11,13H,3-5,8,10H2,1-2H3. The van der Waals surface area contributed by atoms with Crippen LogP contribution in [0, 0.1) is 16.0 Å². The number of halogens is 1. The third-order valence-corrected chi connectivity index (χ3v) is 4.54. The predicted molar refractivity (Wildman–Crippen MR) is 82.5 cm³/mol. The fraction of sp³-hybridized carbons (Fsp3) is 0.600. The average molecular weight is 297 g/mol. The summed E-state index contributed by atoms with van der Waals surface area (Å²) in [5, 5.41) is 11.3. The molecule has 5 heteroatoms. The molecule has 1 aliphatic rings. The molecule has 20 heavy (non-hydrogen) atoms. The quantitative estimate of drug-likeness (QED) is 0.471. The number of hydrogen-bond acceptors (Lipinski definition) is 3. The van der Waals surface area contributed by atoms with Crippen molar-refractivity contribution >= 4 is 23.0 Å². The maximum Gasteiger partial charge on any atom is 0.292 e. The highest BCUT2D eigenvalue weighted by Crippen LogP contribution is 2.35. The van der Waals surface area contributed by atoms with Crippen molar-refractivity contribution in [2.45, 2.75) is 44.5 Å². The molecule has 1 fully saturated rings. The summed E-state index contributed by atoms with van der Waals surface area (Å²) in [4.78, 5) is 13.0. The fourth-order valence-electron chi connectivity index (χ4n) is 3.05. The highest BCUT2D eigenvalue weighted by molar-refractivity contribution is 6.17. The number of nitrogens with zero attached hydrogens (tertiary/aromatic N) is 2. The largest absolute Gasteiger partial charge is 0.366 e. The van der Waals surface area contributed by atoms with Gasteiger partial charge in [0, 0.05) is 25.0 Å². The van der Waals surface area contributed by atoms with Crippen molar-refractivity contribution in [1.82, 2.24) is 0 Å². The molecule has 110 valence electrons. The Morgan fingerprint density at radius 3 is 2.80 bits per heavy atom. The van der Waals surface area contributed by atoms with E-state index in [9.17, 15) is 10.1 Å². The number of anilines is 1. The van der Waals surface area contributed by atoms with Gasteiger partial charge >= 0.3 is 0 Å². The van der Waals surface area contributed by atoms with E-state index >= 15 is 0 Å². The summed E-state index contributed by atoms with van der Waals surface area (Å²) in [6.45, 7) is 2.25. The topological polar surface area (TPSA) is 46.4 Å². The average Bonchev–Trinajstić information content (AvgIpc) is 2.45. The van der Waals surface area contributed by atoms with Crippen molar-refractivity contribution in [3.8, 4) is 0 Å². The van der Waals surface area contributed by atoms with E-state index in [1.807, 2.05) is 19.2 Å². The zero-order valence-corrected chi connectivity index (χ0v) is 12.8. The second-order valence-electron chi connectivity index (χ2n) is 5.75. The minimum atomic E-state index is -0.311. The van der Waals surface area contributed by atoms with Gasteiger partial charge in [-0.05, 0) is 30.4 Å². The Bertz CT molecular complexity index is 493. The Labute approximate surface area is 124 Å². The molecule has 1 aromatic rings. The zero-order chi connectivity index (χ0) is 14.7. The summed E-state index contributed by atoms with van der Waals surface area (Å²) >= 11 is 5.77. The monoisotopic (exact) mass is 296 g/mol. The van der Waals surface area contributed by atoms with Crippen LogP contribution in [0.1, 0.15) is 38.2 Å². The van der Waals surface area contributed by atoms with E-state index in [2.05, 4.69) is 11.8 Å². The first kappa shape index (κ1) is 15.1. The van der Waals surface area contributed by atoms with Gasteiger partial charge in [-0.2, -0.15) is 0 Å². The van der Waals surface area contributed by atoms with Crippen LogP contribution in [0.15, 0.2) is 18.2 Å². The van der Waals surface area contributed by atoms with Crippen LogP contribution in [0.25, 0.3) is 0 Å². The van der Waals surface area contributed by atoms with Crippen LogP contribution in [0.4, 0.5) is 11.4 Å². The van der Waals surface area contributed by atoms with Gasteiger partial charge in [0.2, 0.25) is 0 Å². The molecule has 0 aliphatic heterocycles. The fourth-order valence-corrected chi connectivity index (χ4v) is 3.21. The lowest BCUT2D eigenvalue weighted by atomic mass is 9.86. The second kappa shape index (κ2) is 6.44. The summed E-state index contributed by atoms with van der Waals surface area (Å²) in [6.07, 6.45) is 4.67. The predicted octanol–water partition coefficient (Wildman–Crippen LogP) is 4.35. The van der Waals surface area contributed by atoms with Crippen molar-refractivity contribution in [3.05, 3.63) is 33.9 Å². The molecule has 0 bridgehead atoms. The van der Waals surface area contributed by atoms with Crippen LogP contribution in [0.5, 0.6) is 0 Å². The Kier molecular flexibility index (Phi) is 4.86. The van der Waals surface area contributed by atoms with Crippen molar-refractivity contribution in [3.63, 3.8) is 0 Å². The Hall–Kier alpha value is -1.29. The lowest BCUT2D eigenvalue weighted by Crippen LogP contribution is -2.35. The van der Waals surface area contributed by atoms with Gasteiger partial charge in [0.1, 0.15) is 5.69 Å². The van der Waals surface area contributed by atoms with Gasteiger partial charge in [0.05, 0.1) is 4.92 Å². The summed E-state index contributed by atoms with van der Waals surface area (Å²) in [6, 6.07) is 5.68. The number of hydrogen-bond donors (Lipinski definition) is 0. The van der Waals surface area contributed by atoms with Gasteiger partial charge in [-0.1, -0.05) is 25.8 Å². The van der Waals surface area contributed by atoms with Gasteiger partial charge in [0.15, 0.2) is 0 Å². The number of alkyl halides is 1. The smallest absolute Gasteiger partial charge is 0.292 e. The molecule has 0 N–H and O–H groups in total. The molecule has 0 amide bonds. The Morgan fingerprint density at radius 1 is 1.45 bits per heavy atom. The molecule has 2 atom stereocenters. The summed E-state index contributed by atoms with van der Waals surface area (Å²) in [7, 11) is 1.96. The van der Waals surface area contributed by atoms with E-state index in [1.165, 1.54) is 12.8 Å². The number of benzene rings is 1. The lowest BCUT2D eigenvalue weighted by Gasteiger charge is -2.35. The summed E-state index contributed by atoms with van der Waals surface area (Å²) in [5.41, 5.74) is 1.64. The van der Waals surface area contributed by atoms with Crippen LogP contribution in [-0.4, -0.2) is 18.0 Å². The second-order valence-corrected chi connectivity index (χ2v) is 6.02. The van der Waals surface area contributed by atoms with Gasteiger partial charge < -0.3 is 4.90 Å². The molecular formula is C15H21ClN2O2. The SMILES string of the molecule is CC1CCCC(N(C)c2ccc(CCl)cc2[N+](=O)[O-])C1. The summed E-state index contributed by atoms with van der Waals surface area (Å²) in [5.74, 6) is 0.989. The first-order chi connectivity index (χ1) is 9.52. The lowest BCUT2D eigenvalue weighted by molar-refractivity contribution is -0.384. The van der Waals surface area contributed by atoms with E-state index in [0.717, 1.165) is 18.4 Å². The van der Waals surface area contributed by atoms with Crippen LogP contribution in [-0.2, 0) is 5.88 Å². The molecule has 2 unspecified atom stereocenters. The highest BCUT2D eigenvalue weighted by Gasteiger charge is 2.26. The molecule has 0 saturated heterocycles. The molecule has 0 aromatic heterocycles. The van der Waals surface area contributed by atoms with Crippen LogP contribution >= 0.6 is 11.6 Å². The zero-order valence-electron chi connectivity index (χ0n) is 12.0.